The molecular weight excluding hydrogens is 140 g/mol. The van der Waals surface area contributed by atoms with Crippen molar-refractivity contribution >= 4 is 5.95 Å². The molecule has 0 aromatic carbocycles. The van der Waals surface area contributed by atoms with E-state index in [2.05, 4.69) is 16.7 Å². The second-order valence-electron chi connectivity index (χ2n) is 2.30. The zero-order valence-electron chi connectivity index (χ0n) is 6.40. The number of nitrogens with two attached hydrogens (primary N) is 1. The van der Waals surface area contributed by atoms with Gasteiger partial charge in [-0.15, -0.1) is 11.7 Å². The summed E-state index contributed by atoms with van der Waals surface area (Å²) in [6.45, 7) is 4.48. The minimum Gasteiger partial charge on any atom is -0.367 e. The maximum Gasteiger partial charge on any atom is 0.239 e. The monoisotopic (exact) mass is 152 g/mol. The van der Waals surface area contributed by atoms with Crippen LogP contribution < -0.4 is 5.73 Å². The third kappa shape index (κ3) is 2.41. The van der Waals surface area contributed by atoms with E-state index in [9.17, 15) is 0 Å². The van der Waals surface area contributed by atoms with Crippen molar-refractivity contribution < 1.29 is 0 Å². The van der Waals surface area contributed by atoms with Crippen molar-refractivity contribution in [2.45, 2.75) is 19.4 Å². The highest BCUT2D eigenvalue weighted by molar-refractivity contribution is 5.09. The Hall–Kier alpha value is -1.32. The molecule has 0 aliphatic heterocycles. The fraction of sp³-hybridized carbons (Fsp3) is 0.429. The zero-order chi connectivity index (χ0) is 8.10. The maximum atomic E-state index is 5.32. The summed E-state index contributed by atoms with van der Waals surface area (Å²) in [5, 5.41) is 3.93. The third-order valence-electron chi connectivity index (χ3n) is 1.35. The van der Waals surface area contributed by atoms with Crippen LogP contribution in [-0.2, 0) is 6.54 Å². The van der Waals surface area contributed by atoms with Crippen molar-refractivity contribution in [3.63, 3.8) is 0 Å². The first kappa shape index (κ1) is 7.78. The topological polar surface area (TPSA) is 56.7 Å². The van der Waals surface area contributed by atoms with Crippen molar-refractivity contribution in [3.8, 4) is 0 Å². The quantitative estimate of drug-likeness (QED) is 0.513. The van der Waals surface area contributed by atoms with Gasteiger partial charge in [0.1, 0.15) is 6.33 Å². The van der Waals surface area contributed by atoms with Crippen LogP contribution in [0.4, 0.5) is 5.95 Å². The summed E-state index contributed by atoms with van der Waals surface area (Å²) in [7, 11) is 0. The Morgan fingerprint density at radius 3 is 3.09 bits per heavy atom. The Balaban J connectivity index is 2.32. The highest BCUT2D eigenvalue weighted by atomic mass is 15.3. The van der Waals surface area contributed by atoms with Crippen LogP contribution in [0.2, 0.25) is 0 Å². The zero-order valence-corrected chi connectivity index (χ0v) is 6.40. The van der Waals surface area contributed by atoms with Crippen molar-refractivity contribution in [1.82, 2.24) is 14.8 Å². The largest absolute Gasteiger partial charge is 0.367 e. The molecule has 0 aliphatic carbocycles. The Labute approximate surface area is 65.7 Å². The molecule has 0 aliphatic rings. The van der Waals surface area contributed by atoms with E-state index in [1.807, 2.05) is 6.08 Å². The fourth-order valence-corrected chi connectivity index (χ4v) is 0.814. The van der Waals surface area contributed by atoms with E-state index in [1.165, 1.54) is 0 Å². The molecule has 4 heteroatoms. The predicted molar refractivity (Wildman–Crippen MR) is 43.9 cm³/mol. The maximum absolute atomic E-state index is 5.32. The molecule has 60 valence electrons. The number of anilines is 1. The van der Waals surface area contributed by atoms with Crippen LogP contribution in [0, 0.1) is 0 Å². The first-order chi connectivity index (χ1) is 5.33. The Morgan fingerprint density at radius 2 is 2.55 bits per heavy atom. The number of aromatic nitrogens is 3. The van der Waals surface area contributed by atoms with Gasteiger partial charge in [-0.25, -0.2) is 4.98 Å². The average Bonchev–Trinajstić information content (AvgIpc) is 2.37. The minimum atomic E-state index is 0.337. The molecule has 0 bridgehead atoms. The van der Waals surface area contributed by atoms with Crippen LogP contribution in [0.3, 0.4) is 0 Å². The molecule has 0 spiro atoms. The van der Waals surface area contributed by atoms with Crippen LogP contribution in [-0.4, -0.2) is 14.8 Å². The van der Waals surface area contributed by atoms with Crippen molar-refractivity contribution in [1.29, 1.82) is 0 Å². The van der Waals surface area contributed by atoms with Crippen LogP contribution >= 0.6 is 0 Å². The van der Waals surface area contributed by atoms with E-state index in [1.54, 1.807) is 11.0 Å². The molecule has 11 heavy (non-hydrogen) atoms. The molecule has 1 aromatic rings. The Kier molecular flexibility index (Phi) is 2.66. The normalized spacial score (nSPS) is 9.82. The highest BCUT2D eigenvalue weighted by Gasteiger charge is 1.93. The van der Waals surface area contributed by atoms with E-state index in [-0.39, 0.29) is 0 Å². The van der Waals surface area contributed by atoms with Crippen LogP contribution in [0.15, 0.2) is 19.0 Å². The lowest BCUT2D eigenvalue weighted by molar-refractivity contribution is 0.584. The molecule has 0 saturated carbocycles. The fourth-order valence-electron chi connectivity index (χ4n) is 0.814. The van der Waals surface area contributed by atoms with Gasteiger partial charge in [0, 0.05) is 6.54 Å². The first-order valence-electron chi connectivity index (χ1n) is 3.59. The average molecular weight is 152 g/mol. The summed E-state index contributed by atoms with van der Waals surface area (Å²) in [5.41, 5.74) is 5.32. The second-order valence-corrected chi connectivity index (χ2v) is 2.30. The first-order valence-corrected chi connectivity index (χ1v) is 3.59. The van der Waals surface area contributed by atoms with Gasteiger partial charge in [0.05, 0.1) is 0 Å². The minimum absolute atomic E-state index is 0.337. The summed E-state index contributed by atoms with van der Waals surface area (Å²) in [6, 6.07) is 0. The molecule has 1 aromatic heterocycles. The van der Waals surface area contributed by atoms with Crippen molar-refractivity contribution in [3.05, 3.63) is 19.0 Å². The predicted octanol–water partition coefficient (Wildman–Crippen LogP) is 0.826. The number of hydrogen-bond donors (Lipinski definition) is 1. The van der Waals surface area contributed by atoms with Gasteiger partial charge in [0.15, 0.2) is 0 Å². The lowest BCUT2D eigenvalue weighted by Gasteiger charge is -1.95. The Bertz CT molecular complexity index is 228. The van der Waals surface area contributed by atoms with Gasteiger partial charge >= 0.3 is 0 Å². The van der Waals surface area contributed by atoms with Gasteiger partial charge in [-0.1, -0.05) is 6.08 Å². The number of nitrogens with zero attached hydrogens (tertiary/aromatic N) is 3. The van der Waals surface area contributed by atoms with Gasteiger partial charge in [-0.2, -0.15) is 0 Å². The number of aryl methyl sites for hydroxylation is 1. The van der Waals surface area contributed by atoms with E-state index in [0.717, 1.165) is 19.4 Å². The molecule has 2 N–H and O–H groups in total. The lowest BCUT2D eigenvalue weighted by atomic mass is 10.3. The molecule has 1 heterocycles. The summed E-state index contributed by atoms with van der Waals surface area (Å²) in [6.07, 6.45) is 5.56. The van der Waals surface area contributed by atoms with E-state index >= 15 is 0 Å². The standard InChI is InChI=1S/C7H12N4/c1-2-3-4-5-11-6-9-7(8)10-11/h2,6H,1,3-5H2,(H2,8,10). The molecule has 0 amide bonds. The van der Waals surface area contributed by atoms with Crippen LogP contribution in [0.5, 0.6) is 0 Å². The van der Waals surface area contributed by atoms with Crippen LogP contribution in [0.1, 0.15) is 12.8 Å². The molecule has 4 nitrogen and oxygen atoms in total. The smallest absolute Gasteiger partial charge is 0.239 e. The van der Waals surface area contributed by atoms with E-state index in [0.29, 0.717) is 5.95 Å². The molecule has 0 radical (unpaired) electrons. The number of rotatable bonds is 4. The summed E-state index contributed by atoms with van der Waals surface area (Å²) in [4.78, 5) is 3.80. The summed E-state index contributed by atoms with van der Waals surface area (Å²) < 4.78 is 1.73. The molecule has 1 rings (SSSR count). The molecule has 0 unspecified atom stereocenters. The third-order valence-corrected chi connectivity index (χ3v) is 1.35. The Morgan fingerprint density at radius 1 is 1.73 bits per heavy atom. The molecule has 0 saturated heterocycles. The molecule has 0 fully saturated rings. The number of hydrogen-bond acceptors (Lipinski definition) is 3. The molecule has 0 atom stereocenters. The highest BCUT2D eigenvalue weighted by Crippen LogP contribution is 1.95. The van der Waals surface area contributed by atoms with Gasteiger partial charge in [0.25, 0.3) is 0 Å². The van der Waals surface area contributed by atoms with Crippen molar-refractivity contribution in [2.24, 2.45) is 0 Å². The number of nitrogen functional groups attached to an aromatic ring is 1. The SMILES string of the molecule is C=CCCCn1cnc(N)n1. The van der Waals surface area contributed by atoms with Gasteiger partial charge in [-0.3, -0.25) is 4.68 Å². The lowest BCUT2D eigenvalue weighted by Crippen LogP contribution is -1.98. The van der Waals surface area contributed by atoms with Gasteiger partial charge < -0.3 is 5.73 Å². The van der Waals surface area contributed by atoms with E-state index in [4.69, 9.17) is 5.73 Å². The summed E-state index contributed by atoms with van der Waals surface area (Å²) in [5.74, 6) is 0.337. The van der Waals surface area contributed by atoms with Crippen molar-refractivity contribution in [2.75, 3.05) is 5.73 Å². The summed E-state index contributed by atoms with van der Waals surface area (Å²) >= 11 is 0. The van der Waals surface area contributed by atoms with Crippen LogP contribution in [0.25, 0.3) is 0 Å². The van der Waals surface area contributed by atoms with Gasteiger partial charge in [-0.05, 0) is 12.8 Å². The number of unbranched alkanes of at least 4 members (excludes halogenated alkanes) is 1. The van der Waals surface area contributed by atoms with Gasteiger partial charge in [0.2, 0.25) is 5.95 Å². The molecular formula is C7H12N4. The second kappa shape index (κ2) is 3.75. The van der Waals surface area contributed by atoms with E-state index < -0.39 is 0 Å². The number of allylic oxidation sites excluding steroid dienone is 1.